The first-order valence-corrected chi connectivity index (χ1v) is 7.09. The van der Waals surface area contributed by atoms with E-state index in [0.717, 1.165) is 50.0 Å². The Balaban J connectivity index is 0.00000200. The van der Waals surface area contributed by atoms with Crippen LogP contribution in [0, 0.1) is 13.8 Å². The number of rotatable bonds is 5. The quantitative estimate of drug-likeness (QED) is 0.813. The number of carbonyl (C=O) groups excluding carboxylic acids is 1. The Morgan fingerprint density at radius 3 is 2.65 bits per heavy atom. The van der Waals surface area contributed by atoms with Crippen molar-refractivity contribution in [3.8, 4) is 0 Å². The molecule has 114 valence electrons. The summed E-state index contributed by atoms with van der Waals surface area (Å²) >= 11 is 0. The van der Waals surface area contributed by atoms with Crippen LogP contribution in [0.4, 0.5) is 0 Å². The van der Waals surface area contributed by atoms with Crippen LogP contribution in [0.25, 0.3) is 0 Å². The van der Waals surface area contributed by atoms with Crippen molar-refractivity contribution in [3.05, 3.63) is 17.5 Å². The van der Waals surface area contributed by atoms with Crippen molar-refractivity contribution in [2.24, 2.45) is 5.73 Å². The molecule has 0 aliphatic heterocycles. The highest BCUT2D eigenvalue weighted by Gasteiger charge is 2.36. The summed E-state index contributed by atoms with van der Waals surface area (Å²) in [6, 6.07) is 2.06. The fourth-order valence-corrected chi connectivity index (χ4v) is 2.74. The van der Waals surface area contributed by atoms with Gasteiger partial charge in [-0.3, -0.25) is 9.48 Å². The number of carbonyl (C=O) groups is 1. The summed E-state index contributed by atoms with van der Waals surface area (Å²) in [5, 5.41) is 7.35. The molecule has 5 nitrogen and oxygen atoms in total. The topological polar surface area (TPSA) is 72.9 Å². The number of nitrogens with two attached hydrogens (primary N) is 1. The van der Waals surface area contributed by atoms with Gasteiger partial charge in [-0.2, -0.15) is 5.10 Å². The molecule has 0 unspecified atom stereocenters. The van der Waals surface area contributed by atoms with Gasteiger partial charge in [0.2, 0.25) is 5.91 Å². The van der Waals surface area contributed by atoms with Gasteiger partial charge in [0.15, 0.2) is 0 Å². The summed E-state index contributed by atoms with van der Waals surface area (Å²) in [5.41, 5.74) is 7.68. The van der Waals surface area contributed by atoms with Gasteiger partial charge < -0.3 is 11.1 Å². The first kappa shape index (κ1) is 17.0. The van der Waals surface area contributed by atoms with Crippen LogP contribution in [0.1, 0.15) is 43.5 Å². The molecule has 1 aliphatic rings. The highest BCUT2D eigenvalue weighted by atomic mass is 35.5. The number of halogens is 1. The molecule has 1 fully saturated rings. The average molecular weight is 301 g/mol. The zero-order chi connectivity index (χ0) is 13.9. The molecule has 0 spiro atoms. The van der Waals surface area contributed by atoms with E-state index in [0.29, 0.717) is 6.54 Å². The molecule has 2 rings (SSSR count). The van der Waals surface area contributed by atoms with Gasteiger partial charge in [-0.15, -0.1) is 12.4 Å². The summed E-state index contributed by atoms with van der Waals surface area (Å²) in [5.74, 6) is 0.0124. The average Bonchev–Trinajstić information content (AvgIpc) is 2.92. The van der Waals surface area contributed by atoms with Crippen LogP contribution in [0.5, 0.6) is 0 Å². The lowest BCUT2D eigenvalue weighted by atomic mass is 9.98. The van der Waals surface area contributed by atoms with Crippen LogP contribution in [0.2, 0.25) is 0 Å². The first-order valence-electron chi connectivity index (χ1n) is 7.09. The normalized spacial score (nSPS) is 16.8. The van der Waals surface area contributed by atoms with Crippen LogP contribution in [0.15, 0.2) is 6.07 Å². The molecule has 0 bridgehead atoms. The molecule has 1 amide bonds. The van der Waals surface area contributed by atoms with Crippen molar-refractivity contribution in [3.63, 3.8) is 0 Å². The van der Waals surface area contributed by atoms with Crippen molar-refractivity contribution in [2.75, 3.05) is 6.54 Å². The third-order valence-corrected chi connectivity index (χ3v) is 3.88. The maximum absolute atomic E-state index is 12.0. The molecular formula is C14H25ClN4O. The van der Waals surface area contributed by atoms with E-state index in [4.69, 9.17) is 5.73 Å². The number of hydrogen-bond donors (Lipinski definition) is 2. The van der Waals surface area contributed by atoms with E-state index < -0.39 is 5.54 Å². The smallest absolute Gasteiger partial charge is 0.240 e. The predicted octanol–water partition coefficient (Wildman–Crippen LogP) is 1.70. The van der Waals surface area contributed by atoms with Gasteiger partial charge in [0, 0.05) is 18.8 Å². The molecule has 3 N–H and O–H groups in total. The Hall–Kier alpha value is -1.07. The lowest BCUT2D eigenvalue weighted by Gasteiger charge is -2.22. The summed E-state index contributed by atoms with van der Waals surface area (Å²) < 4.78 is 1.98. The van der Waals surface area contributed by atoms with Crippen LogP contribution in [-0.2, 0) is 11.3 Å². The second-order valence-corrected chi connectivity index (χ2v) is 5.62. The van der Waals surface area contributed by atoms with Crippen LogP contribution in [0.3, 0.4) is 0 Å². The Bertz CT molecular complexity index is 452. The van der Waals surface area contributed by atoms with E-state index in [1.54, 1.807) is 0 Å². The second-order valence-electron chi connectivity index (χ2n) is 5.62. The minimum absolute atomic E-state index is 0. The SMILES string of the molecule is Cc1cc(C)n(CCCNC(=O)C2(N)CCCC2)n1.Cl. The Labute approximate surface area is 126 Å². The number of nitrogens with zero attached hydrogens (tertiary/aromatic N) is 2. The summed E-state index contributed by atoms with van der Waals surface area (Å²) in [6.07, 6.45) is 4.64. The molecule has 1 aromatic heterocycles. The first-order chi connectivity index (χ1) is 9.01. The van der Waals surface area contributed by atoms with E-state index in [2.05, 4.69) is 16.5 Å². The highest BCUT2D eigenvalue weighted by molar-refractivity contribution is 5.86. The molecule has 0 atom stereocenters. The molecule has 1 aliphatic carbocycles. The Kier molecular flexibility index (Phi) is 6.02. The number of amides is 1. The van der Waals surface area contributed by atoms with Crippen LogP contribution in [-0.4, -0.2) is 27.8 Å². The summed E-state index contributed by atoms with van der Waals surface area (Å²) in [7, 11) is 0. The predicted molar refractivity (Wildman–Crippen MR) is 82.0 cm³/mol. The van der Waals surface area contributed by atoms with Gasteiger partial charge in [0.25, 0.3) is 0 Å². The van der Waals surface area contributed by atoms with Crippen molar-refractivity contribution in [1.82, 2.24) is 15.1 Å². The molecule has 6 heteroatoms. The molecule has 1 saturated carbocycles. The molecule has 20 heavy (non-hydrogen) atoms. The molecule has 1 aromatic rings. The van der Waals surface area contributed by atoms with Gasteiger partial charge in [0.05, 0.1) is 11.2 Å². The van der Waals surface area contributed by atoms with E-state index in [9.17, 15) is 4.79 Å². The van der Waals surface area contributed by atoms with Gasteiger partial charge in [-0.25, -0.2) is 0 Å². The number of aryl methyl sites for hydroxylation is 3. The minimum Gasteiger partial charge on any atom is -0.354 e. The largest absolute Gasteiger partial charge is 0.354 e. The maximum Gasteiger partial charge on any atom is 0.240 e. The lowest BCUT2D eigenvalue weighted by Crippen LogP contribution is -2.52. The van der Waals surface area contributed by atoms with E-state index in [1.165, 1.54) is 0 Å². The van der Waals surface area contributed by atoms with Gasteiger partial charge >= 0.3 is 0 Å². The second kappa shape index (κ2) is 7.09. The third-order valence-electron chi connectivity index (χ3n) is 3.88. The number of aromatic nitrogens is 2. The lowest BCUT2D eigenvalue weighted by molar-refractivity contribution is -0.126. The van der Waals surface area contributed by atoms with E-state index in [-0.39, 0.29) is 18.3 Å². The van der Waals surface area contributed by atoms with Crippen molar-refractivity contribution in [2.45, 2.75) is 58.0 Å². The van der Waals surface area contributed by atoms with Gasteiger partial charge in [0.1, 0.15) is 0 Å². The molecule has 0 aromatic carbocycles. The fourth-order valence-electron chi connectivity index (χ4n) is 2.74. The fraction of sp³-hybridized carbons (Fsp3) is 0.714. The van der Waals surface area contributed by atoms with Gasteiger partial charge in [-0.05, 0) is 39.2 Å². The zero-order valence-corrected chi connectivity index (χ0v) is 13.1. The van der Waals surface area contributed by atoms with Crippen LogP contribution >= 0.6 is 12.4 Å². The van der Waals surface area contributed by atoms with Crippen LogP contribution < -0.4 is 11.1 Å². The van der Waals surface area contributed by atoms with Gasteiger partial charge in [-0.1, -0.05) is 12.8 Å². The Morgan fingerprint density at radius 1 is 1.45 bits per heavy atom. The summed E-state index contributed by atoms with van der Waals surface area (Å²) in [6.45, 7) is 5.53. The molecular weight excluding hydrogens is 276 g/mol. The number of hydrogen-bond acceptors (Lipinski definition) is 3. The number of nitrogens with one attached hydrogen (secondary N) is 1. The van der Waals surface area contributed by atoms with Crippen molar-refractivity contribution < 1.29 is 4.79 Å². The minimum atomic E-state index is -0.613. The maximum atomic E-state index is 12.0. The monoisotopic (exact) mass is 300 g/mol. The zero-order valence-electron chi connectivity index (χ0n) is 12.3. The van der Waals surface area contributed by atoms with E-state index >= 15 is 0 Å². The third kappa shape index (κ3) is 3.96. The molecule has 0 radical (unpaired) electrons. The molecule has 1 heterocycles. The standard InChI is InChI=1S/C14H24N4O.ClH/c1-11-10-12(2)18(17-11)9-5-8-16-13(19)14(15)6-3-4-7-14;/h10H,3-9,15H2,1-2H3,(H,16,19);1H. The Morgan fingerprint density at radius 2 is 2.10 bits per heavy atom. The van der Waals surface area contributed by atoms with Crippen molar-refractivity contribution >= 4 is 18.3 Å². The van der Waals surface area contributed by atoms with Crippen molar-refractivity contribution in [1.29, 1.82) is 0 Å². The molecule has 0 saturated heterocycles. The highest BCUT2D eigenvalue weighted by Crippen LogP contribution is 2.27. The van der Waals surface area contributed by atoms with E-state index in [1.807, 2.05) is 18.5 Å². The summed E-state index contributed by atoms with van der Waals surface area (Å²) in [4.78, 5) is 12.0.